The number of imide groups is 1. The van der Waals surface area contributed by atoms with E-state index in [4.69, 9.17) is 33.8 Å². The fraction of sp³-hybridized carbons (Fsp3) is 0.567. The summed E-state index contributed by atoms with van der Waals surface area (Å²) < 4.78 is 66.0. The fourth-order valence-corrected chi connectivity index (χ4v) is 15.9. The number of para-hydroxylation sites is 1. The van der Waals surface area contributed by atoms with Crippen LogP contribution in [-0.4, -0.2) is 200 Å². The van der Waals surface area contributed by atoms with Gasteiger partial charge in [0.2, 0.25) is 11.8 Å². The fourth-order valence-electron chi connectivity index (χ4n) is 14.5. The average Bonchev–Trinajstić information content (AvgIpc) is 0.790. The molecule has 3 atom stereocenters. The number of nitrogens with zero attached hydrogens (tertiary/aromatic N) is 7. The SMILES string of the molecule is CCC1(Cn2ncc(-c3ccc(N4CCc5cccc(C(=O)Nc6nc7ccccc7s6)c5C4)nc3C(=O)O)c2C)CC2(C)CC(C)(C)CC(OCCN(CCCNC(=O)CCOCCOCCOCCOCCNC(=O)CCN3C(=O)C=CC3=O)CCS(=O)(=O)O)(C2)C1. The predicted octanol–water partition coefficient (Wildman–Crippen LogP) is 7.12. The van der Waals surface area contributed by atoms with Gasteiger partial charge in [-0.1, -0.05) is 63.3 Å². The number of aromatic carboxylic acids is 1. The zero-order chi connectivity index (χ0) is 67.1. The molecule has 5 heterocycles. The summed E-state index contributed by atoms with van der Waals surface area (Å²) in [7, 11) is -4.25. The Morgan fingerprint density at radius 1 is 0.755 bits per heavy atom. The summed E-state index contributed by atoms with van der Waals surface area (Å²) in [5.41, 5.74) is 4.29. The first-order valence-electron chi connectivity index (χ1n) is 32.4. The van der Waals surface area contributed by atoms with Crippen molar-refractivity contribution in [1.82, 2.24) is 40.2 Å². The predicted molar refractivity (Wildman–Crippen MR) is 354 cm³/mol. The number of benzene rings is 2. The number of amides is 5. The summed E-state index contributed by atoms with van der Waals surface area (Å²) >= 11 is 1.41. The van der Waals surface area contributed by atoms with Gasteiger partial charge in [0.05, 0.1) is 87.2 Å². The van der Waals surface area contributed by atoms with Crippen molar-refractivity contribution in [2.75, 3.05) is 121 Å². The first-order chi connectivity index (χ1) is 44.9. The van der Waals surface area contributed by atoms with Crippen LogP contribution in [0.3, 0.4) is 0 Å². The molecule has 510 valence electrons. The molecular formula is C67H90N10O15S2. The summed E-state index contributed by atoms with van der Waals surface area (Å²) in [5, 5.41) is 24.8. The maximum Gasteiger partial charge on any atom is 0.355 e. The van der Waals surface area contributed by atoms with E-state index in [0.717, 1.165) is 70.5 Å². The lowest BCUT2D eigenvalue weighted by Gasteiger charge is -2.62. The van der Waals surface area contributed by atoms with E-state index in [0.29, 0.717) is 126 Å². The number of aromatic nitrogens is 4. The van der Waals surface area contributed by atoms with Crippen LogP contribution in [0.1, 0.15) is 123 Å². The van der Waals surface area contributed by atoms with Crippen molar-refractivity contribution in [1.29, 1.82) is 0 Å². The third-order valence-electron chi connectivity index (χ3n) is 18.1. The van der Waals surface area contributed by atoms with Crippen LogP contribution in [0, 0.1) is 23.2 Å². The largest absolute Gasteiger partial charge is 0.476 e. The lowest BCUT2D eigenvalue weighted by molar-refractivity contribution is -0.198. The van der Waals surface area contributed by atoms with Crippen molar-refractivity contribution < 1.29 is 70.5 Å². The zero-order valence-electron chi connectivity index (χ0n) is 54.6. The van der Waals surface area contributed by atoms with Crippen LogP contribution in [0.5, 0.6) is 0 Å². The average molecular weight is 1340 g/mol. The molecule has 3 aromatic heterocycles. The molecule has 0 radical (unpaired) electrons. The number of carboxylic acids is 1. The first kappa shape index (κ1) is 71.2. The van der Waals surface area contributed by atoms with Crippen molar-refractivity contribution >= 4 is 78.1 Å². The number of fused-ring (bicyclic) bond motifs is 4. The number of anilines is 2. The van der Waals surface area contributed by atoms with Crippen molar-refractivity contribution in [3.05, 3.63) is 101 Å². The monoisotopic (exact) mass is 1340 g/mol. The molecule has 2 fully saturated rings. The minimum absolute atomic E-state index is 0.0128. The van der Waals surface area contributed by atoms with Crippen LogP contribution >= 0.6 is 11.3 Å². The Kier molecular flexibility index (Phi) is 24.3. The van der Waals surface area contributed by atoms with Gasteiger partial charge in [-0.3, -0.25) is 48.3 Å². The van der Waals surface area contributed by atoms with Gasteiger partial charge < -0.3 is 44.3 Å². The molecule has 27 heteroatoms. The van der Waals surface area contributed by atoms with Crippen LogP contribution in [0.2, 0.25) is 0 Å². The van der Waals surface area contributed by atoms with Crippen molar-refractivity contribution in [2.24, 2.45) is 16.2 Å². The Morgan fingerprint density at radius 2 is 1.46 bits per heavy atom. The Hall–Kier alpha value is -7.08. The molecule has 94 heavy (non-hydrogen) atoms. The standard InChI is InChI=1S/C67H90N10O15S2/c1-6-66(46-77-47(2)51(39-70-77)49-15-16-55(72-60(49)62(83)84)75-25-19-48-11-9-12-50(52(48)40-75)61(82)73-63-71-53-13-7-8-14-54(53)93-63)43-65(5)41-64(3,4)42-67(44-65,45-66)92-31-27-74(28-38-94(85,86)87)24-10-22-68-57(79)21-29-88-32-34-90-36-37-91-35-33-89-30-23-69-56(78)20-26-76-58(80)17-18-59(76)81/h7-9,11-18,39H,6,10,19-38,40-46H2,1-5H3,(H,68,79)(H,69,78)(H,83,84)(H,71,73,82)(H,85,86,87). The molecule has 2 aliphatic carbocycles. The number of hydrogen-bond acceptors (Lipinski definition) is 19. The van der Waals surface area contributed by atoms with Crippen molar-refractivity contribution in [3.63, 3.8) is 0 Å². The molecular weight excluding hydrogens is 1250 g/mol. The van der Waals surface area contributed by atoms with Crippen LogP contribution in [0.25, 0.3) is 21.3 Å². The molecule has 5 amide bonds. The van der Waals surface area contributed by atoms with Crippen LogP contribution in [0.4, 0.5) is 10.9 Å². The molecule has 2 saturated carbocycles. The molecule has 0 saturated heterocycles. The number of ether oxygens (including phenoxy) is 5. The number of carbonyl (C=O) groups is 6. The van der Waals surface area contributed by atoms with E-state index in [-0.39, 0.29) is 85.4 Å². The normalized spacial score (nSPS) is 20.1. The number of thiazole rings is 1. The molecule has 2 aliphatic heterocycles. The van der Waals surface area contributed by atoms with E-state index >= 15 is 0 Å². The second kappa shape index (κ2) is 32.1. The maximum atomic E-state index is 13.8. The topological polar surface area (TPSA) is 313 Å². The number of nitrogens with one attached hydrogen (secondary N) is 3. The van der Waals surface area contributed by atoms with Gasteiger partial charge in [-0.15, -0.1) is 0 Å². The van der Waals surface area contributed by atoms with Crippen molar-refractivity contribution in [2.45, 2.75) is 118 Å². The van der Waals surface area contributed by atoms with Gasteiger partial charge in [-0.2, -0.15) is 13.5 Å². The molecule has 5 aromatic rings. The van der Waals surface area contributed by atoms with Crippen LogP contribution in [-0.2, 0) is 72.5 Å². The molecule has 2 aromatic carbocycles. The Bertz CT molecular complexity index is 3600. The Balaban J connectivity index is 0.716. The summed E-state index contributed by atoms with van der Waals surface area (Å²) in [6, 6.07) is 17.1. The quantitative estimate of drug-likeness (QED) is 0.0150. The highest BCUT2D eigenvalue weighted by Gasteiger charge is 2.59. The number of carbonyl (C=O) groups excluding carboxylic acids is 5. The van der Waals surface area contributed by atoms with Gasteiger partial charge in [0, 0.05) is 99.7 Å². The minimum atomic E-state index is -4.25. The number of pyridine rings is 1. The Labute approximate surface area is 553 Å². The van der Waals surface area contributed by atoms with E-state index in [2.05, 4.69) is 48.6 Å². The molecule has 25 nitrogen and oxygen atoms in total. The van der Waals surface area contributed by atoms with E-state index in [9.17, 15) is 46.8 Å². The third kappa shape index (κ3) is 19.5. The lowest BCUT2D eigenvalue weighted by atomic mass is 9.47. The highest BCUT2D eigenvalue weighted by atomic mass is 32.2. The summed E-state index contributed by atoms with van der Waals surface area (Å²) in [6.07, 6.45) is 10.7. The summed E-state index contributed by atoms with van der Waals surface area (Å²) in [6.45, 7) is 17.1. The van der Waals surface area contributed by atoms with Gasteiger partial charge in [0.1, 0.15) is 5.82 Å². The zero-order valence-corrected chi connectivity index (χ0v) is 56.2. The Morgan fingerprint density at radius 3 is 2.17 bits per heavy atom. The molecule has 4 aliphatic rings. The van der Waals surface area contributed by atoms with E-state index < -0.39 is 39.3 Å². The van der Waals surface area contributed by atoms with Gasteiger partial charge in [0.25, 0.3) is 27.8 Å². The van der Waals surface area contributed by atoms with E-state index in [1.165, 1.54) is 23.5 Å². The lowest BCUT2D eigenvalue weighted by Crippen LogP contribution is -2.58. The molecule has 0 spiro atoms. The summed E-state index contributed by atoms with van der Waals surface area (Å²) in [5.74, 6) is -2.69. The van der Waals surface area contributed by atoms with Crippen LogP contribution < -0.4 is 20.9 Å². The number of rotatable bonds is 37. The summed E-state index contributed by atoms with van der Waals surface area (Å²) in [4.78, 5) is 89.2. The van der Waals surface area contributed by atoms with E-state index in [1.807, 2.05) is 76.0 Å². The maximum absolute atomic E-state index is 13.8. The van der Waals surface area contributed by atoms with Crippen molar-refractivity contribution in [3.8, 4) is 11.1 Å². The smallest absolute Gasteiger partial charge is 0.355 e. The van der Waals surface area contributed by atoms with Gasteiger partial charge in [-0.05, 0) is 123 Å². The van der Waals surface area contributed by atoms with Gasteiger partial charge >= 0.3 is 5.97 Å². The van der Waals surface area contributed by atoms with Gasteiger partial charge in [0.15, 0.2) is 10.8 Å². The highest BCUT2D eigenvalue weighted by molar-refractivity contribution is 7.85. The third-order valence-corrected chi connectivity index (χ3v) is 19.7. The molecule has 2 bridgehead atoms. The van der Waals surface area contributed by atoms with E-state index in [1.54, 1.807) is 6.20 Å². The number of carboxylic acid groups (broad SMARTS) is 1. The molecule has 3 unspecified atom stereocenters. The first-order valence-corrected chi connectivity index (χ1v) is 34.9. The van der Waals surface area contributed by atoms with Crippen LogP contribution in [0.15, 0.2) is 72.9 Å². The highest BCUT2D eigenvalue weighted by Crippen LogP contribution is 2.64. The molecule has 9 rings (SSSR count). The second-order valence-electron chi connectivity index (χ2n) is 26.3. The molecule has 5 N–H and O–H groups in total. The van der Waals surface area contributed by atoms with Gasteiger partial charge in [-0.25, -0.2) is 14.8 Å². The second-order valence-corrected chi connectivity index (χ2v) is 28.9. The minimum Gasteiger partial charge on any atom is -0.476 e. The number of hydrogen-bond donors (Lipinski definition) is 5.